The van der Waals surface area contributed by atoms with E-state index in [0.717, 1.165) is 22.7 Å². The third kappa shape index (κ3) is 3.38. The highest BCUT2D eigenvalue weighted by atomic mass is 16.4. The molecule has 2 rings (SSSR count). The Balaban J connectivity index is 2.23. The van der Waals surface area contributed by atoms with Crippen molar-refractivity contribution in [3.63, 3.8) is 0 Å². The van der Waals surface area contributed by atoms with Gasteiger partial charge in [-0.3, -0.25) is 4.79 Å². The number of carboxylic acid groups (broad SMARTS) is 1. The summed E-state index contributed by atoms with van der Waals surface area (Å²) in [6, 6.07) is 7.72. The number of hydrogen-bond acceptors (Lipinski definition) is 4. The molecule has 5 heteroatoms. The zero-order valence-electron chi connectivity index (χ0n) is 11.9. The second kappa shape index (κ2) is 5.77. The average Bonchev–Trinajstić information content (AvgIpc) is 2.68. The van der Waals surface area contributed by atoms with Crippen LogP contribution in [0.2, 0.25) is 0 Å². The van der Waals surface area contributed by atoms with Gasteiger partial charge in [-0.05, 0) is 32.9 Å². The maximum absolute atomic E-state index is 11.0. The Morgan fingerprint density at radius 1 is 1.25 bits per heavy atom. The highest BCUT2D eigenvalue weighted by Gasteiger charge is 2.15. The van der Waals surface area contributed by atoms with Crippen LogP contribution in [-0.4, -0.2) is 22.6 Å². The number of benzene rings is 1. The Bertz CT molecular complexity index is 583. The van der Waals surface area contributed by atoms with Crippen molar-refractivity contribution in [3.05, 3.63) is 47.2 Å². The molecule has 1 aromatic heterocycles. The van der Waals surface area contributed by atoms with Gasteiger partial charge in [-0.25, -0.2) is 4.98 Å². The zero-order valence-corrected chi connectivity index (χ0v) is 11.9. The Morgan fingerprint density at radius 3 is 2.40 bits per heavy atom. The van der Waals surface area contributed by atoms with Crippen molar-refractivity contribution in [2.45, 2.75) is 27.3 Å². The molecule has 0 aliphatic heterocycles. The highest BCUT2D eigenvalue weighted by Crippen LogP contribution is 2.18. The minimum Gasteiger partial charge on any atom is -0.480 e. The van der Waals surface area contributed by atoms with Crippen molar-refractivity contribution in [2.75, 3.05) is 11.4 Å². The molecular weight excluding hydrogens is 256 g/mol. The van der Waals surface area contributed by atoms with Gasteiger partial charge in [0.05, 0.1) is 12.2 Å². The quantitative estimate of drug-likeness (QED) is 0.908. The summed E-state index contributed by atoms with van der Waals surface area (Å²) < 4.78 is 5.53. The summed E-state index contributed by atoms with van der Waals surface area (Å²) >= 11 is 0. The number of aliphatic carboxylic acids is 1. The van der Waals surface area contributed by atoms with Crippen LogP contribution in [0.25, 0.3) is 0 Å². The number of oxazole rings is 1. The predicted octanol–water partition coefficient (Wildman–Crippen LogP) is 2.69. The highest BCUT2D eigenvalue weighted by molar-refractivity contribution is 5.73. The third-order valence-corrected chi connectivity index (χ3v) is 3.12. The van der Waals surface area contributed by atoms with Gasteiger partial charge in [-0.2, -0.15) is 0 Å². The van der Waals surface area contributed by atoms with Crippen LogP contribution in [-0.2, 0) is 11.3 Å². The molecule has 0 radical (unpaired) electrons. The summed E-state index contributed by atoms with van der Waals surface area (Å²) in [6.07, 6.45) is 0. The van der Waals surface area contributed by atoms with Gasteiger partial charge in [0.25, 0.3) is 0 Å². The molecule has 106 valence electrons. The number of anilines is 1. The number of hydrogen-bond donors (Lipinski definition) is 1. The number of carbonyl (C=O) groups is 1. The fourth-order valence-corrected chi connectivity index (χ4v) is 1.93. The first-order valence-electron chi connectivity index (χ1n) is 6.42. The van der Waals surface area contributed by atoms with Gasteiger partial charge in [-0.1, -0.05) is 17.7 Å². The van der Waals surface area contributed by atoms with E-state index in [9.17, 15) is 4.79 Å². The molecular formula is C15H18N2O3. The van der Waals surface area contributed by atoms with Crippen LogP contribution in [0.4, 0.5) is 5.69 Å². The summed E-state index contributed by atoms with van der Waals surface area (Å²) in [7, 11) is 0. The summed E-state index contributed by atoms with van der Waals surface area (Å²) in [6.45, 7) is 5.95. The average molecular weight is 274 g/mol. The van der Waals surface area contributed by atoms with Crippen LogP contribution < -0.4 is 4.90 Å². The van der Waals surface area contributed by atoms with E-state index in [2.05, 4.69) is 4.98 Å². The molecule has 0 spiro atoms. The van der Waals surface area contributed by atoms with Crippen LogP contribution in [0, 0.1) is 20.8 Å². The number of rotatable bonds is 5. The van der Waals surface area contributed by atoms with Gasteiger partial charge >= 0.3 is 5.97 Å². The molecule has 0 fully saturated rings. The SMILES string of the molecule is Cc1ccc(N(CC(=O)O)Cc2nc(C)c(C)o2)cc1. The molecule has 0 unspecified atom stereocenters. The molecule has 1 aromatic carbocycles. The minimum absolute atomic E-state index is 0.0937. The van der Waals surface area contributed by atoms with Gasteiger partial charge in [0.2, 0.25) is 5.89 Å². The fraction of sp³-hybridized carbons (Fsp3) is 0.333. The molecule has 0 saturated carbocycles. The largest absolute Gasteiger partial charge is 0.480 e. The van der Waals surface area contributed by atoms with Crippen molar-refractivity contribution in [2.24, 2.45) is 0 Å². The Labute approximate surface area is 117 Å². The first-order valence-corrected chi connectivity index (χ1v) is 6.42. The molecule has 5 nitrogen and oxygen atoms in total. The van der Waals surface area contributed by atoms with E-state index in [1.807, 2.05) is 45.0 Å². The third-order valence-electron chi connectivity index (χ3n) is 3.12. The first kappa shape index (κ1) is 14.1. The molecule has 0 atom stereocenters. The normalized spacial score (nSPS) is 10.6. The molecule has 0 amide bonds. The molecule has 0 aliphatic rings. The van der Waals surface area contributed by atoms with Crippen LogP contribution >= 0.6 is 0 Å². The Morgan fingerprint density at radius 2 is 1.90 bits per heavy atom. The van der Waals surface area contributed by atoms with E-state index in [0.29, 0.717) is 12.4 Å². The Hall–Kier alpha value is -2.30. The van der Waals surface area contributed by atoms with Crippen molar-refractivity contribution < 1.29 is 14.3 Å². The lowest BCUT2D eigenvalue weighted by Gasteiger charge is -2.21. The van der Waals surface area contributed by atoms with Crippen molar-refractivity contribution in [1.82, 2.24) is 4.98 Å². The molecule has 2 aromatic rings. The van der Waals surface area contributed by atoms with E-state index >= 15 is 0 Å². The predicted molar refractivity (Wildman–Crippen MR) is 75.8 cm³/mol. The van der Waals surface area contributed by atoms with E-state index in [1.165, 1.54) is 0 Å². The minimum atomic E-state index is -0.884. The van der Waals surface area contributed by atoms with Gasteiger partial charge in [0.1, 0.15) is 12.3 Å². The number of carboxylic acids is 1. The maximum Gasteiger partial charge on any atom is 0.323 e. The lowest BCUT2D eigenvalue weighted by atomic mass is 10.2. The standard InChI is InChI=1S/C15H18N2O3/c1-10-4-6-13(7-5-10)17(9-15(18)19)8-14-16-11(2)12(3)20-14/h4-7H,8-9H2,1-3H3,(H,18,19). The van der Waals surface area contributed by atoms with Crippen LogP contribution in [0.1, 0.15) is 22.9 Å². The maximum atomic E-state index is 11.0. The van der Waals surface area contributed by atoms with Crippen molar-refractivity contribution in [1.29, 1.82) is 0 Å². The summed E-state index contributed by atoms with van der Waals surface area (Å²) in [4.78, 5) is 17.0. The van der Waals surface area contributed by atoms with Gasteiger partial charge in [-0.15, -0.1) is 0 Å². The van der Waals surface area contributed by atoms with E-state index in [1.54, 1.807) is 4.90 Å². The van der Waals surface area contributed by atoms with Gasteiger partial charge in [0.15, 0.2) is 0 Å². The molecule has 1 heterocycles. The second-order valence-corrected chi connectivity index (χ2v) is 4.83. The van der Waals surface area contributed by atoms with Crippen LogP contribution in [0.5, 0.6) is 0 Å². The molecule has 0 bridgehead atoms. The molecule has 0 aliphatic carbocycles. The Kier molecular flexibility index (Phi) is 4.08. The van der Waals surface area contributed by atoms with Crippen molar-refractivity contribution >= 4 is 11.7 Å². The van der Waals surface area contributed by atoms with E-state index in [-0.39, 0.29) is 6.54 Å². The van der Waals surface area contributed by atoms with E-state index in [4.69, 9.17) is 9.52 Å². The summed E-state index contributed by atoms with van der Waals surface area (Å²) in [5, 5.41) is 9.04. The second-order valence-electron chi connectivity index (χ2n) is 4.83. The number of aryl methyl sites for hydroxylation is 3. The summed E-state index contributed by atoms with van der Waals surface area (Å²) in [5.41, 5.74) is 2.80. The monoisotopic (exact) mass is 274 g/mol. The fourth-order valence-electron chi connectivity index (χ4n) is 1.93. The van der Waals surface area contributed by atoms with Gasteiger partial charge in [0, 0.05) is 5.69 Å². The number of nitrogens with zero attached hydrogens (tertiary/aromatic N) is 2. The topological polar surface area (TPSA) is 66.6 Å². The van der Waals surface area contributed by atoms with E-state index < -0.39 is 5.97 Å². The zero-order chi connectivity index (χ0) is 14.7. The van der Waals surface area contributed by atoms with Crippen molar-refractivity contribution in [3.8, 4) is 0 Å². The first-order chi connectivity index (χ1) is 9.45. The lowest BCUT2D eigenvalue weighted by Crippen LogP contribution is -2.29. The molecule has 20 heavy (non-hydrogen) atoms. The number of aromatic nitrogens is 1. The van der Waals surface area contributed by atoms with Crippen LogP contribution in [0.3, 0.4) is 0 Å². The smallest absolute Gasteiger partial charge is 0.323 e. The van der Waals surface area contributed by atoms with Gasteiger partial charge < -0.3 is 14.4 Å². The molecule has 0 saturated heterocycles. The van der Waals surface area contributed by atoms with Crippen LogP contribution in [0.15, 0.2) is 28.7 Å². The molecule has 1 N–H and O–H groups in total. The summed E-state index contributed by atoms with van der Waals surface area (Å²) in [5.74, 6) is 0.409. The lowest BCUT2D eigenvalue weighted by molar-refractivity contribution is -0.135.